The lowest BCUT2D eigenvalue weighted by molar-refractivity contribution is -0.132. The van der Waals surface area contributed by atoms with Crippen molar-refractivity contribution in [2.75, 3.05) is 6.54 Å². The summed E-state index contributed by atoms with van der Waals surface area (Å²) in [5.74, 6) is 0.100. The Kier molecular flexibility index (Phi) is 6.39. The van der Waals surface area contributed by atoms with Crippen LogP contribution in [-0.4, -0.2) is 39.3 Å². The van der Waals surface area contributed by atoms with Crippen molar-refractivity contribution in [2.45, 2.75) is 32.9 Å². The molecule has 1 unspecified atom stereocenters. The maximum absolute atomic E-state index is 12.7. The smallest absolute Gasteiger partial charge is 0.258 e. The summed E-state index contributed by atoms with van der Waals surface area (Å²) in [5.41, 5.74) is 0.924. The number of para-hydroxylation sites is 1. The second-order valence-electron chi connectivity index (χ2n) is 6.88. The molecule has 29 heavy (non-hydrogen) atoms. The Morgan fingerprint density at radius 3 is 2.52 bits per heavy atom. The minimum atomic E-state index is -0.326. The summed E-state index contributed by atoms with van der Waals surface area (Å²) in [7, 11) is 0. The largest absolute Gasteiger partial charge is 0.349 e. The molecule has 2 N–H and O–H groups in total. The van der Waals surface area contributed by atoms with Crippen molar-refractivity contribution in [3.05, 3.63) is 76.3 Å². The highest BCUT2D eigenvalue weighted by Crippen LogP contribution is 2.09. The molecule has 0 aliphatic carbocycles. The maximum atomic E-state index is 12.7. The maximum Gasteiger partial charge on any atom is 0.258 e. The zero-order chi connectivity index (χ0) is 20.8. The first-order chi connectivity index (χ1) is 14.0. The first-order valence-corrected chi connectivity index (χ1v) is 9.59. The molecule has 0 aliphatic rings. The van der Waals surface area contributed by atoms with Crippen LogP contribution in [0.5, 0.6) is 0 Å². The highest BCUT2D eigenvalue weighted by molar-refractivity contribution is 5.94. The van der Waals surface area contributed by atoms with Gasteiger partial charge < -0.3 is 15.2 Å². The fraction of sp³-hybridized carbons (Fsp3) is 0.273. The number of H-pyrrole nitrogens is 1. The van der Waals surface area contributed by atoms with Crippen LogP contribution >= 0.6 is 0 Å². The number of benzene rings is 2. The summed E-state index contributed by atoms with van der Waals surface area (Å²) < 4.78 is 0. The van der Waals surface area contributed by atoms with Gasteiger partial charge in [-0.1, -0.05) is 30.3 Å². The lowest BCUT2D eigenvalue weighted by atomic mass is 10.1. The Bertz CT molecular complexity index is 1060. The van der Waals surface area contributed by atoms with E-state index in [4.69, 9.17) is 0 Å². The van der Waals surface area contributed by atoms with E-state index in [1.807, 2.05) is 19.1 Å². The number of amides is 2. The number of rotatable bonds is 7. The minimum Gasteiger partial charge on any atom is -0.349 e. The minimum absolute atomic E-state index is 0.121. The normalized spacial score (nSPS) is 11.8. The highest BCUT2D eigenvalue weighted by Gasteiger charge is 2.18. The van der Waals surface area contributed by atoms with Gasteiger partial charge >= 0.3 is 0 Å². The van der Waals surface area contributed by atoms with E-state index >= 15 is 0 Å². The summed E-state index contributed by atoms with van der Waals surface area (Å²) in [5, 5.41) is 3.36. The Morgan fingerprint density at radius 1 is 1.10 bits per heavy atom. The molecule has 0 spiro atoms. The number of carbonyl (C=O) groups excluding carboxylic acids is 2. The molecule has 0 saturated carbocycles. The van der Waals surface area contributed by atoms with Crippen LogP contribution in [0.4, 0.5) is 0 Å². The van der Waals surface area contributed by atoms with Crippen LogP contribution in [-0.2, 0) is 11.3 Å². The Hall–Kier alpha value is -3.48. The summed E-state index contributed by atoms with van der Waals surface area (Å²) in [4.78, 5) is 46.0. The molecule has 2 amide bonds. The molecule has 1 aromatic heterocycles. The zero-order valence-corrected chi connectivity index (χ0v) is 16.5. The summed E-state index contributed by atoms with van der Waals surface area (Å²) in [6.07, 6.45) is 0.157. The number of aromatic amines is 1. The molecule has 0 radical (unpaired) electrons. The first-order valence-electron chi connectivity index (χ1n) is 9.59. The third-order valence-electron chi connectivity index (χ3n) is 4.63. The molecule has 150 valence electrons. The van der Waals surface area contributed by atoms with Gasteiger partial charge in [-0.3, -0.25) is 14.4 Å². The van der Waals surface area contributed by atoms with E-state index in [0.717, 1.165) is 0 Å². The third-order valence-corrected chi connectivity index (χ3v) is 4.63. The molecule has 3 rings (SSSR count). The average Bonchev–Trinajstić information content (AvgIpc) is 2.72. The topological polar surface area (TPSA) is 95.2 Å². The van der Waals surface area contributed by atoms with Gasteiger partial charge in [0.05, 0.1) is 17.4 Å². The summed E-state index contributed by atoms with van der Waals surface area (Å²) >= 11 is 0. The first kappa shape index (κ1) is 20.3. The van der Waals surface area contributed by atoms with E-state index in [1.54, 1.807) is 54.3 Å². The molecule has 1 heterocycles. The fourth-order valence-corrected chi connectivity index (χ4v) is 3.11. The van der Waals surface area contributed by atoms with Gasteiger partial charge in [0.1, 0.15) is 5.82 Å². The average molecular weight is 392 g/mol. The molecule has 0 aliphatic heterocycles. The standard InChI is InChI=1S/C22H24N4O3/c1-3-26(14-19-24-18-12-8-7-11-17(18)22(29)25-19)20(27)13-15(2)23-21(28)16-9-5-4-6-10-16/h4-12,15H,3,13-14H2,1-2H3,(H,23,28)(H,24,25,29). The Labute approximate surface area is 168 Å². The summed E-state index contributed by atoms with van der Waals surface area (Å²) in [6, 6.07) is 15.6. The van der Waals surface area contributed by atoms with Gasteiger partial charge in [-0.25, -0.2) is 4.98 Å². The van der Waals surface area contributed by atoms with Crippen molar-refractivity contribution in [1.82, 2.24) is 20.2 Å². The number of hydrogen-bond acceptors (Lipinski definition) is 4. The van der Waals surface area contributed by atoms with E-state index < -0.39 is 0 Å². The molecular weight excluding hydrogens is 368 g/mol. The second kappa shape index (κ2) is 9.14. The van der Waals surface area contributed by atoms with Gasteiger partial charge in [0.25, 0.3) is 11.5 Å². The number of fused-ring (bicyclic) bond motifs is 1. The lowest BCUT2D eigenvalue weighted by Gasteiger charge is -2.23. The zero-order valence-electron chi connectivity index (χ0n) is 16.5. The van der Waals surface area contributed by atoms with Crippen molar-refractivity contribution in [3.8, 4) is 0 Å². The third kappa shape index (κ3) is 5.07. The van der Waals surface area contributed by atoms with Gasteiger partial charge in [0, 0.05) is 24.6 Å². The molecule has 7 heteroatoms. The predicted molar refractivity (Wildman–Crippen MR) is 111 cm³/mol. The van der Waals surface area contributed by atoms with Crippen LogP contribution in [0.15, 0.2) is 59.4 Å². The van der Waals surface area contributed by atoms with Crippen LogP contribution in [0, 0.1) is 0 Å². The lowest BCUT2D eigenvalue weighted by Crippen LogP contribution is -2.39. The van der Waals surface area contributed by atoms with E-state index in [0.29, 0.717) is 28.8 Å². The van der Waals surface area contributed by atoms with Crippen LogP contribution in [0.25, 0.3) is 10.9 Å². The van der Waals surface area contributed by atoms with Crippen molar-refractivity contribution in [2.24, 2.45) is 0 Å². The Balaban J connectivity index is 1.64. The van der Waals surface area contributed by atoms with Gasteiger partial charge in [0.15, 0.2) is 0 Å². The van der Waals surface area contributed by atoms with Gasteiger partial charge in [0.2, 0.25) is 5.91 Å². The number of hydrogen-bond donors (Lipinski definition) is 2. The van der Waals surface area contributed by atoms with Crippen molar-refractivity contribution < 1.29 is 9.59 Å². The van der Waals surface area contributed by atoms with Crippen LogP contribution in [0.2, 0.25) is 0 Å². The molecule has 7 nitrogen and oxygen atoms in total. The highest BCUT2D eigenvalue weighted by atomic mass is 16.2. The number of nitrogens with zero attached hydrogens (tertiary/aromatic N) is 2. The van der Waals surface area contributed by atoms with E-state index in [9.17, 15) is 14.4 Å². The Morgan fingerprint density at radius 2 is 1.79 bits per heavy atom. The van der Waals surface area contributed by atoms with E-state index in [2.05, 4.69) is 15.3 Å². The molecule has 2 aromatic carbocycles. The van der Waals surface area contributed by atoms with Gasteiger partial charge in [-0.15, -0.1) is 0 Å². The molecular formula is C22H24N4O3. The fourth-order valence-electron chi connectivity index (χ4n) is 3.11. The van der Waals surface area contributed by atoms with E-state index in [1.165, 1.54) is 0 Å². The number of nitrogens with one attached hydrogen (secondary N) is 2. The van der Waals surface area contributed by atoms with Gasteiger partial charge in [-0.2, -0.15) is 0 Å². The molecule has 3 aromatic rings. The van der Waals surface area contributed by atoms with Crippen molar-refractivity contribution >= 4 is 22.7 Å². The van der Waals surface area contributed by atoms with Gasteiger partial charge in [-0.05, 0) is 38.1 Å². The molecule has 0 saturated heterocycles. The van der Waals surface area contributed by atoms with Crippen LogP contribution < -0.4 is 10.9 Å². The summed E-state index contributed by atoms with van der Waals surface area (Å²) in [6.45, 7) is 4.33. The van der Waals surface area contributed by atoms with Crippen molar-refractivity contribution in [3.63, 3.8) is 0 Å². The van der Waals surface area contributed by atoms with E-state index in [-0.39, 0.29) is 36.4 Å². The molecule has 1 atom stereocenters. The van der Waals surface area contributed by atoms with Crippen molar-refractivity contribution in [1.29, 1.82) is 0 Å². The molecule has 0 fully saturated rings. The number of aromatic nitrogens is 2. The monoisotopic (exact) mass is 392 g/mol. The van der Waals surface area contributed by atoms with Crippen LogP contribution in [0.3, 0.4) is 0 Å². The molecule has 0 bridgehead atoms. The van der Waals surface area contributed by atoms with Crippen LogP contribution in [0.1, 0.15) is 36.5 Å². The predicted octanol–water partition coefficient (Wildman–Crippen LogP) is 2.48. The second-order valence-corrected chi connectivity index (χ2v) is 6.88. The number of carbonyl (C=O) groups is 2. The SMILES string of the molecule is CCN(Cc1nc2ccccc2c(=O)[nH]1)C(=O)CC(C)NC(=O)c1ccccc1. The quantitative estimate of drug-likeness (QED) is 0.646.